The molecular weight excluding hydrogens is 144 g/mol. The summed E-state index contributed by atoms with van der Waals surface area (Å²) in [6.45, 7) is 0. The predicted octanol–water partition coefficient (Wildman–Crippen LogP) is 3.82. The molecule has 1 rings (SSSR count). The quantitative estimate of drug-likeness (QED) is 0.506. The Bertz CT molecular complexity index is 152. The Labute approximate surface area is 75.7 Å². The zero-order valence-corrected chi connectivity index (χ0v) is 7.58. The summed E-state index contributed by atoms with van der Waals surface area (Å²) >= 11 is 0. The van der Waals surface area contributed by atoms with E-state index in [9.17, 15) is 0 Å². The molecule has 0 bridgehead atoms. The minimum Gasteiger partial charge on any atom is -0.0845 e. The summed E-state index contributed by atoms with van der Waals surface area (Å²) in [4.78, 5) is 0. The average Bonchev–Trinajstić information content (AvgIpc) is 2.05. The molecular formula is C12H17. The Morgan fingerprint density at radius 3 is 2.33 bits per heavy atom. The highest BCUT2D eigenvalue weighted by Crippen LogP contribution is 2.06. The van der Waals surface area contributed by atoms with Gasteiger partial charge in [0.2, 0.25) is 0 Å². The van der Waals surface area contributed by atoms with E-state index in [1.165, 1.54) is 32.1 Å². The third kappa shape index (κ3) is 4.95. The van der Waals surface area contributed by atoms with Crippen LogP contribution >= 0.6 is 0 Å². The van der Waals surface area contributed by atoms with Crippen molar-refractivity contribution in [2.75, 3.05) is 0 Å². The minimum absolute atomic E-state index is 1.23. The van der Waals surface area contributed by atoms with Gasteiger partial charge in [-0.05, 0) is 25.7 Å². The normalized spacial score (nSPS) is 28.0. The molecule has 12 heavy (non-hydrogen) atoms. The topological polar surface area (TPSA) is 0 Å². The number of hydrogen-bond acceptors (Lipinski definition) is 0. The van der Waals surface area contributed by atoms with Gasteiger partial charge >= 0.3 is 0 Å². The van der Waals surface area contributed by atoms with Crippen LogP contribution in [0.3, 0.4) is 0 Å². The van der Waals surface area contributed by atoms with Crippen molar-refractivity contribution in [3.8, 4) is 0 Å². The van der Waals surface area contributed by atoms with Gasteiger partial charge in [0.15, 0.2) is 0 Å². The Hall–Kier alpha value is -0.780. The lowest BCUT2D eigenvalue weighted by molar-refractivity contribution is 0.686. The molecule has 0 aliphatic heterocycles. The molecule has 65 valence electrons. The smallest absolute Gasteiger partial charge is 0.0167 e. The van der Waals surface area contributed by atoms with E-state index in [0.717, 1.165) is 0 Å². The Morgan fingerprint density at radius 2 is 1.33 bits per heavy atom. The van der Waals surface area contributed by atoms with Crippen molar-refractivity contribution >= 4 is 0 Å². The van der Waals surface area contributed by atoms with Crippen LogP contribution in [-0.2, 0) is 0 Å². The molecule has 0 amide bonds. The van der Waals surface area contributed by atoms with E-state index in [0.29, 0.717) is 0 Å². The minimum atomic E-state index is 1.23. The molecule has 0 saturated carbocycles. The molecule has 0 heteroatoms. The van der Waals surface area contributed by atoms with Gasteiger partial charge in [0.25, 0.3) is 0 Å². The summed E-state index contributed by atoms with van der Waals surface area (Å²) in [5.41, 5.74) is 0. The van der Waals surface area contributed by atoms with Crippen molar-refractivity contribution < 1.29 is 0 Å². The fourth-order valence-corrected chi connectivity index (χ4v) is 1.24. The SMILES string of the molecule is [CH]1/C=C/C=C\C=C\CCCCC1. The van der Waals surface area contributed by atoms with Gasteiger partial charge in [-0.3, -0.25) is 0 Å². The summed E-state index contributed by atoms with van der Waals surface area (Å²) in [6.07, 6.45) is 21.5. The molecule has 0 aromatic rings. The highest BCUT2D eigenvalue weighted by Gasteiger charge is 1.87. The van der Waals surface area contributed by atoms with E-state index in [-0.39, 0.29) is 0 Å². The summed E-state index contributed by atoms with van der Waals surface area (Å²) in [5, 5.41) is 0. The van der Waals surface area contributed by atoms with Crippen molar-refractivity contribution in [2.45, 2.75) is 32.1 Å². The van der Waals surface area contributed by atoms with Crippen molar-refractivity contribution in [2.24, 2.45) is 0 Å². The van der Waals surface area contributed by atoms with Crippen LogP contribution in [0.4, 0.5) is 0 Å². The fraction of sp³-hybridized carbons (Fsp3) is 0.417. The maximum atomic E-state index is 2.25. The lowest BCUT2D eigenvalue weighted by Crippen LogP contribution is -1.77. The zero-order chi connectivity index (χ0) is 8.49. The van der Waals surface area contributed by atoms with Crippen molar-refractivity contribution in [1.82, 2.24) is 0 Å². The van der Waals surface area contributed by atoms with Crippen molar-refractivity contribution in [3.63, 3.8) is 0 Å². The molecule has 0 aromatic heterocycles. The predicted molar refractivity (Wildman–Crippen MR) is 54.8 cm³/mol. The van der Waals surface area contributed by atoms with Gasteiger partial charge in [0.1, 0.15) is 0 Å². The van der Waals surface area contributed by atoms with E-state index in [1.807, 2.05) is 0 Å². The monoisotopic (exact) mass is 161 g/mol. The van der Waals surface area contributed by atoms with Gasteiger partial charge in [-0.25, -0.2) is 0 Å². The van der Waals surface area contributed by atoms with Crippen LogP contribution in [0, 0.1) is 6.42 Å². The molecule has 0 N–H and O–H groups in total. The summed E-state index contributed by atoms with van der Waals surface area (Å²) < 4.78 is 0. The van der Waals surface area contributed by atoms with Crippen LogP contribution in [0.25, 0.3) is 0 Å². The summed E-state index contributed by atoms with van der Waals surface area (Å²) in [6, 6.07) is 0. The average molecular weight is 161 g/mol. The van der Waals surface area contributed by atoms with Gasteiger partial charge in [-0.2, -0.15) is 0 Å². The second kappa shape index (κ2) is 6.90. The van der Waals surface area contributed by atoms with Crippen molar-refractivity contribution in [1.29, 1.82) is 0 Å². The highest BCUT2D eigenvalue weighted by atomic mass is 13.9. The Balaban J connectivity index is 2.32. The van der Waals surface area contributed by atoms with Crippen LogP contribution in [0.5, 0.6) is 0 Å². The molecule has 0 nitrogen and oxygen atoms in total. The molecule has 0 heterocycles. The Morgan fingerprint density at radius 1 is 0.583 bits per heavy atom. The zero-order valence-electron chi connectivity index (χ0n) is 7.58. The number of allylic oxidation sites excluding steroid dienone is 6. The first kappa shape index (κ1) is 9.31. The Kier molecular flexibility index (Phi) is 5.35. The van der Waals surface area contributed by atoms with Gasteiger partial charge < -0.3 is 0 Å². The molecule has 0 aromatic carbocycles. The molecule has 0 unspecified atom stereocenters. The molecule has 1 aliphatic carbocycles. The molecule has 0 fully saturated rings. The molecule has 0 atom stereocenters. The maximum Gasteiger partial charge on any atom is -0.0167 e. The van der Waals surface area contributed by atoms with Crippen LogP contribution in [0.2, 0.25) is 0 Å². The van der Waals surface area contributed by atoms with Gasteiger partial charge in [0.05, 0.1) is 0 Å². The number of rotatable bonds is 0. The van der Waals surface area contributed by atoms with E-state index >= 15 is 0 Å². The van der Waals surface area contributed by atoms with Gasteiger partial charge in [-0.1, -0.05) is 49.3 Å². The second-order valence-corrected chi connectivity index (χ2v) is 3.07. The summed E-state index contributed by atoms with van der Waals surface area (Å²) in [7, 11) is 0. The van der Waals surface area contributed by atoms with Crippen LogP contribution in [0.1, 0.15) is 32.1 Å². The van der Waals surface area contributed by atoms with E-state index in [1.54, 1.807) is 0 Å². The third-order valence-electron chi connectivity index (χ3n) is 1.96. The highest BCUT2D eigenvalue weighted by molar-refractivity contribution is 5.13. The molecule has 0 saturated heterocycles. The van der Waals surface area contributed by atoms with Gasteiger partial charge in [-0.15, -0.1) is 0 Å². The van der Waals surface area contributed by atoms with Gasteiger partial charge in [0, 0.05) is 0 Å². The standard InChI is InChI=1S/C12H17/c1-2-4-6-8-10-12-11-9-7-5-3-1/h1-7H,8-12H2/b2-1-,5-3+,6-4+. The van der Waals surface area contributed by atoms with Crippen LogP contribution < -0.4 is 0 Å². The molecule has 1 aliphatic rings. The van der Waals surface area contributed by atoms with E-state index in [4.69, 9.17) is 0 Å². The van der Waals surface area contributed by atoms with Crippen molar-refractivity contribution in [3.05, 3.63) is 42.9 Å². The third-order valence-corrected chi connectivity index (χ3v) is 1.96. The molecule has 1 radical (unpaired) electrons. The fourth-order valence-electron chi connectivity index (χ4n) is 1.24. The van der Waals surface area contributed by atoms with E-state index in [2.05, 4.69) is 42.9 Å². The lowest BCUT2D eigenvalue weighted by Gasteiger charge is -1.96. The molecule has 0 spiro atoms. The number of hydrogen-bond donors (Lipinski definition) is 0. The first-order chi connectivity index (χ1) is 6.00. The first-order valence-corrected chi connectivity index (χ1v) is 4.82. The second-order valence-electron chi connectivity index (χ2n) is 3.07. The lowest BCUT2D eigenvalue weighted by atomic mass is 10.1. The van der Waals surface area contributed by atoms with E-state index < -0.39 is 0 Å². The summed E-state index contributed by atoms with van der Waals surface area (Å²) in [5.74, 6) is 0. The first-order valence-electron chi connectivity index (χ1n) is 4.82. The maximum absolute atomic E-state index is 2.25. The largest absolute Gasteiger partial charge is 0.0845 e. The van der Waals surface area contributed by atoms with Crippen LogP contribution in [-0.4, -0.2) is 0 Å². The van der Waals surface area contributed by atoms with Crippen LogP contribution in [0.15, 0.2) is 36.5 Å².